The quantitative estimate of drug-likeness (QED) is 0.328. The Hall–Kier alpha value is -4.13. The van der Waals surface area contributed by atoms with Crippen molar-refractivity contribution in [3.05, 3.63) is 29.3 Å². The fourth-order valence-corrected chi connectivity index (χ4v) is 7.21. The van der Waals surface area contributed by atoms with E-state index >= 15 is 0 Å². The minimum atomic E-state index is -3.06. The smallest absolute Gasteiger partial charge is 0.411 e. The van der Waals surface area contributed by atoms with E-state index in [1.165, 1.54) is 17.0 Å². The summed E-state index contributed by atoms with van der Waals surface area (Å²) in [5.74, 6) is -14.7. The number of carbonyl (C=O) groups excluding carboxylic acids is 7. The molecule has 1 aromatic carbocycles. The largest absolute Gasteiger partial charge is 0.507 e. The zero-order chi connectivity index (χ0) is 31.8. The van der Waals surface area contributed by atoms with Crippen LogP contribution in [0, 0.1) is 23.7 Å². The molecule has 0 bridgehead atoms. The number of phenols is 1. The van der Waals surface area contributed by atoms with Gasteiger partial charge in [0.15, 0.2) is 34.7 Å². The molecule has 2 amide bonds. The number of hydrogen-bond donors (Lipinski definition) is 3. The number of likely N-dealkylation sites (tertiary alicyclic amines) is 1. The van der Waals surface area contributed by atoms with Crippen LogP contribution >= 0.6 is 0 Å². The first-order valence-electron chi connectivity index (χ1n) is 14.2. The maximum Gasteiger partial charge on any atom is 0.411 e. The number of phenolic OH excluding ortho intramolecular Hbond substituents is 1. The first kappa shape index (κ1) is 30.3. The maximum atomic E-state index is 14.0. The third-order valence-electron chi connectivity index (χ3n) is 9.10. The van der Waals surface area contributed by atoms with E-state index in [1.807, 2.05) is 0 Å². The molecule has 43 heavy (non-hydrogen) atoms. The van der Waals surface area contributed by atoms with Crippen molar-refractivity contribution in [3.8, 4) is 5.75 Å². The van der Waals surface area contributed by atoms with Crippen LogP contribution in [-0.4, -0.2) is 86.1 Å². The number of amides is 2. The summed E-state index contributed by atoms with van der Waals surface area (Å²) in [4.78, 5) is 94.2. The zero-order valence-electron chi connectivity index (χ0n) is 24.2. The van der Waals surface area contributed by atoms with Crippen molar-refractivity contribution in [2.24, 2.45) is 29.4 Å². The first-order valence-corrected chi connectivity index (χ1v) is 14.2. The van der Waals surface area contributed by atoms with Crippen LogP contribution in [0.3, 0.4) is 0 Å². The summed E-state index contributed by atoms with van der Waals surface area (Å²) in [5.41, 5.74) is 1.56. The number of nitrogens with two attached hydrogens (primary N) is 1. The molecular formula is C30H34N2O11. The maximum absolute atomic E-state index is 14.0. The minimum Gasteiger partial charge on any atom is -0.507 e. The molecule has 3 fully saturated rings. The molecule has 230 valence electrons. The van der Waals surface area contributed by atoms with Crippen LogP contribution in [-0.2, 0) is 33.4 Å². The summed E-state index contributed by atoms with van der Waals surface area (Å²) < 4.78 is 11.4. The molecule has 13 heteroatoms. The Balaban J connectivity index is 1.60. The SMILES string of the molecule is C[C@H]1c2cccc(O)c2C(=O)C2C(=O)[C@]3(O)C(=O)C(C(N)=O)C(=O)C[C@@H]3[C@@H](OC(=O)C3CCCN3C(=O)OC(C)(C)C)[C@@H]21. The van der Waals surface area contributed by atoms with Crippen molar-refractivity contribution < 1.29 is 53.2 Å². The number of hydrogen-bond acceptors (Lipinski definition) is 11. The Morgan fingerprint density at radius 1 is 1.09 bits per heavy atom. The number of aromatic hydroxyl groups is 1. The van der Waals surface area contributed by atoms with E-state index in [9.17, 15) is 43.8 Å². The number of nitrogens with zero attached hydrogens (tertiary/aromatic N) is 1. The minimum absolute atomic E-state index is 0.172. The lowest BCUT2D eigenvalue weighted by molar-refractivity contribution is -0.200. The molecule has 5 rings (SSSR count). The van der Waals surface area contributed by atoms with Gasteiger partial charge in [0, 0.05) is 24.8 Å². The number of ether oxygens (including phenoxy) is 2. The number of ketones is 4. The predicted octanol–water partition coefficient (Wildman–Crippen LogP) is 0.809. The van der Waals surface area contributed by atoms with Gasteiger partial charge in [-0.05, 0) is 51.2 Å². The van der Waals surface area contributed by atoms with Crippen molar-refractivity contribution in [1.82, 2.24) is 4.90 Å². The number of benzene rings is 1. The standard InChI is InChI=1S/C30H34N2O11/c1-12-13-7-5-9-16(33)19(13)22(35)21-18(12)23(14-11-17(34)20(26(31)38)24(36)30(14,41)25(21)37)42-27(39)15-8-6-10-32(15)28(40)43-29(2,3)4/h5,7,9,12,14-15,18,20-21,23,33,41H,6,8,10-11H2,1-4H3,(H2,31,38)/t12-,14+,15?,18+,20?,21?,23+,30+/m0/s1. The normalized spacial score (nSPS) is 33.8. The second kappa shape index (κ2) is 10.2. The fraction of sp³-hybridized carbons (Fsp3) is 0.567. The van der Waals surface area contributed by atoms with Crippen LogP contribution in [0.25, 0.3) is 0 Å². The lowest BCUT2D eigenvalue weighted by Gasteiger charge is -2.53. The van der Waals surface area contributed by atoms with Crippen molar-refractivity contribution >= 4 is 41.1 Å². The molecule has 1 saturated heterocycles. The van der Waals surface area contributed by atoms with Gasteiger partial charge in [0.25, 0.3) is 0 Å². The van der Waals surface area contributed by atoms with Crippen LogP contribution < -0.4 is 5.73 Å². The van der Waals surface area contributed by atoms with E-state index in [0.717, 1.165) is 0 Å². The van der Waals surface area contributed by atoms with E-state index in [1.54, 1.807) is 33.8 Å². The Labute approximate surface area is 246 Å². The lowest BCUT2D eigenvalue weighted by atomic mass is 9.50. The van der Waals surface area contributed by atoms with Gasteiger partial charge < -0.3 is 25.4 Å². The second-order valence-electron chi connectivity index (χ2n) is 12.8. The van der Waals surface area contributed by atoms with Crippen molar-refractivity contribution in [1.29, 1.82) is 0 Å². The van der Waals surface area contributed by atoms with Gasteiger partial charge in [-0.3, -0.25) is 28.9 Å². The molecule has 1 heterocycles. The van der Waals surface area contributed by atoms with Crippen molar-refractivity contribution in [3.63, 3.8) is 0 Å². The third-order valence-corrected chi connectivity index (χ3v) is 9.10. The van der Waals surface area contributed by atoms with Gasteiger partial charge in [-0.25, -0.2) is 9.59 Å². The molecule has 4 N–H and O–H groups in total. The monoisotopic (exact) mass is 598 g/mol. The molecule has 3 aliphatic carbocycles. The van der Waals surface area contributed by atoms with E-state index in [2.05, 4.69) is 0 Å². The molecule has 1 aliphatic heterocycles. The lowest BCUT2D eigenvalue weighted by Crippen LogP contribution is -2.73. The van der Waals surface area contributed by atoms with Crippen LogP contribution in [0.5, 0.6) is 5.75 Å². The molecule has 13 nitrogen and oxygen atoms in total. The molecule has 0 radical (unpaired) electrons. The number of primary amides is 1. The molecule has 0 aromatic heterocycles. The van der Waals surface area contributed by atoms with Crippen LogP contribution in [0.4, 0.5) is 4.79 Å². The highest BCUT2D eigenvalue weighted by molar-refractivity contribution is 6.31. The van der Waals surface area contributed by atoms with E-state index in [-0.39, 0.29) is 18.5 Å². The van der Waals surface area contributed by atoms with Crippen LogP contribution in [0.1, 0.15) is 68.8 Å². The molecular weight excluding hydrogens is 564 g/mol. The van der Waals surface area contributed by atoms with E-state index < -0.39 is 106 Å². The van der Waals surface area contributed by atoms with Gasteiger partial charge in [-0.15, -0.1) is 0 Å². The van der Waals surface area contributed by atoms with Gasteiger partial charge in [0.05, 0.1) is 11.5 Å². The number of aliphatic hydroxyl groups is 1. The summed E-state index contributed by atoms with van der Waals surface area (Å²) in [6.07, 6.45) is -2.35. The average Bonchev–Trinajstić information content (AvgIpc) is 3.40. The van der Waals surface area contributed by atoms with Crippen molar-refractivity contribution in [2.75, 3.05) is 6.54 Å². The summed E-state index contributed by atoms with van der Waals surface area (Å²) in [7, 11) is 0. The molecule has 8 atom stereocenters. The van der Waals surface area contributed by atoms with E-state index in [4.69, 9.17) is 15.2 Å². The Bertz CT molecular complexity index is 1460. The average molecular weight is 599 g/mol. The highest BCUT2D eigenvalue weighted by Crippen LogP contribution is 2.54. The van der Waals surface area contributed by atoms with Crippen LogP contribution in [0.2, 0.25) is 0 Å². The number of esters is 1. The highest BCUT2D eigenvalue weighted by atomic mass is 16.6. The predicted molar refractivity (Wildman–Crippen MR) is 144 cm³/mol. The Morgan fingerprint density at radius 2 is 1.77 bits per heavy atom. The van der Waals surface area contributed by atoms with Crippen molar-refractivity contribution in [2.45, 2.75) is 76.2 Å². The third kappa shape index (κ3) is 4.60. The van der Waals surface area contributed by atoms with Crippen LogP contribution in [0.15, 0.2) is 18.2 Å². The number of fused-ring (bicyclic) bond motifs is 3. The summed E-state index contributed by atoms with van der Waals surface area (Å²) in [6.45, 7) is 6.84. The highest BCUT2D eigenvalue weighted by Gasteiger charge is 2.71. The summed E-state index contributed by atoms with van der Waals surface area (Å²) in [5, 5.41) is 22.3. The molecule has 3 unspecified atom stereocenters. The fourth-order valence-electron chi connectivity index (χ4n) is 7.21. The van der Waals surface area contributed by atoms with Gasteiger partial charge in [-0.1, -0.05) is 19.1 Å². The molecule has 4 aliphatic rings. The topological polar surface area (TPSA) is 208 Å². The Kier molecular flexibility index (Phi) is 7.23. The first-order chi connectivity index (χ1) is 20.0. The van der Waals surface area contributed by atoms with E-state index in [0.29, 0.717) is 12.0 Å². The van der Waals surface area contributed by atoms with Gasteiger partial charge in [0.2, 0.25) is 5.91 Å². The van der Waals surface area contributed by atoms with Gasteiger partial charge in [-0.2, -0.15) is 0 Å². The number of Topliss-reactive ketones (excluding diaryl/α,β-unsaturated/α-hetero) is 4. The molecule has 2 saturated carbocycles. The summed E-state index contributed by atoms with van der Waals surface area (Å²) in [6, 6.07) is 3.21. The number of carbonyl (C=O) groups is 7. The second-order valence-corrected chi connectivity index (χ2v) is 12.8. The Morgan fingerprint density at radius 3 is 2.40 bits per heavy atom. The summed E-state index contributed by atoms with van der Waals surface area (Å²) >= 11 is 0. The molecule has 0 spiro atoms. The van der Waals surface area contributed by atoms with Gasteiger partial charge in [0.1, 0.15) is 23.5 Å². The molecule has 1 aromatic rings. The van der Waals surface area contributed by atoms with Gasteiger partial charge >= 0.3 is 12.1 Å². The zero-order valence-corrected chi connectivity index (χ0v) is 24.2. The number of rotatable bonds is 3.